The summed E-state index contributed by atoms with van der Waals surface area (Å²) in [6.07, 6.45) is 3.67. The minimum atomic E-state index is -1.75. The molecule has 142 valence electrons. The molecule has 0 fully saturated rings. The largest absolute Gasteiger partial charge is 0.548 e. The highest BCUT2D eigenvalue weighted by Crippen LogP contribution is 2.23. The van der Waals surface area contributed by atoms with Gasteiger partial charge in [0.2, 0.25) is 10.6 Å². The van der Waals surface area contributed by atoms with Crippen LogP contribution in [0.15, 0.2) is 60.7 Å². The van der Waals surface area contributed by atoms with E-state index < -0.39 is 16.1 Å². The van der Waals surface area contributed by atoms with Crippen molar-refractivity contribution in [2.75, 3.05) is 13.2 Å². The van der Waals surface area contributed by atoms with Crippen LogP contribution >= 0.6 is 16.1 Å². The van der Waals surface area contributed by atoms with Crippen LogP contribution in [0.4, 0.5) is 0 Å². The third-order valence-electron chi connectivity index (χ3n) is 3.39. The van der Waals surface area contributed by atoms with Gasteiger partial charge in [-0.25, -0.2) is 0 Å². The lowest BCUT2D eigenvalue weighted by molar-refractivity contribution is 0.304. The van der Waals surface area contributed by atoms with Gasteiger partial charge >= 0.3 is 16.1 Å². The Kier molecular flexibility index (Phi) is 13.8. The second kappa shape index (κ2) is 14.6. The molecule has 6 nitrogen and oxygen atoms in total. The van der Waals surface area contributed by atoms with Crippen LogP contribution < -0.4 is 22.9 Å². The molecule has 0 amide bonds. The van der Waals surface area contributed by atoms with E-state index in [9.17, 15) is 9.13 Å². The summed E-state index contributed by atoms with van der Waals surface area (Å²) < 4.78 is 34.4. The van der Waals surface area contributed by atoms with Crippen molar-refractivity contribution in [3.8, 4) is 0 Å². The first-order valence-electron chi connectivity index (χ1n) is 8.08. The summed E-state index contributed by atoms with van der Waals surface area (Å²) in [4.78, 5) is 0. The summed E-state index contributed by atoms with van der Waals surface area (Å²) in [5, 5.41) is 1.45. The topological polar surface area (TPSA) is 126 Å². The monoisotopic (exact) mass is 400 g/mol. The molecular formula is C18H30N2O4P2+4. The van der Waals surface area contributed by atoms with Crippen molar-refractivity contribution in [1.29, 1.82) is 0 Å². The van der Waals surface area contributed by atoms with Gasteiger partial charge in [0.25, 0.3) is 0 Å². The lowest BCUT2D eigenvalue weighted by atomic mass is 10.2. The predicted octanol–water partition coefficient (Wildman–Crippen LogP) is 5.47. The molecule has 0 heterocycles. The van der Waals surface area contributed by atoms with Gasteiger partial charge < -0.3 is 12.3 Å². The van der Waals surface area contributed by atoms with Crippen LogP contribution in [0, 0.1) is 0 Å². The first-order valence-corrected chi connectivity index (χ1v) is 10.4. The molecule has 2 aromatic rings. The minimum absolute atomic E-state index is 0. The standard InChI is InChI=1S/C18H22O4P2.2H3N/c19-23(17-11-5-3-6-12-17)21-15-9-1-2-10-16-22-24(20)18-13-7-4-8-14-18;;/h3-8,11-14H,1-2,9-10,15-16H2;2*1H3/q+2;;/p+2. The smallest absolute Gasteiger partial charge is 0.369 e. The van der Waals surface area contributed by atoms with Crippen LogP contribution in [0.5, 0.6) is 0 Å². The van der Waals surface area contributed by atoms with Crippen molar-refractivity contribution in [3.63, 3.8) is 0 Å². The summed E-state index contributed by atoms with van der Waals surface area (Å²) >= 11 is 0. The lowest BCUT2D eigenvalue weighted by Gasteiger charge is -1.96. The van der Waals surface area contributed by atoms with Crippen LogP contribution in [0.1, 0.15) is 25.7 Å². The van der Waals surface area contributed by atoms with Crippen molar-refractivity contribution in [2.24, 2.45) is 0 Å². The Bertz CT molecular complexity index is 585. The van der Waals surface area contributed by atoms with E-state index >= 15 is 0 Å². The quantitative estimate of drug-likeness (QED) is 0.383. The Hall–Kier alpha value is -1.52. The molecule has 0 saturated heterocycles. The van der Waals surface area contributed by atoms with Gasteiger partial charge in [-0.1, -0.05) is 49.2 Å². The molecule has 0 bridgehead atoms. The molecule has 26 heavy (non-hydrogen) atoms. The normalized spacial score (nSPS) is 11.1. The fraction of sp³-hybridized carbons (Fsp3) is 0.333. The molecule has 8 heteroatoms. The summed E-state index contributed by atoms with van der Waals surface area (Å²) in [6.45, 7) is 0.979. The van der Waals surface area contributed by atoms with Gasteiger partial charge in [-0.2, -0.15) is 0 Å². The van der Waals surface area contributed by atoms with E-state index in [0.717, 1.165) is 36.3 Å². The maximum atomic E-state index is 11.9. The fourth-order valence-electron chi connectivity index (χ4n) is 2.10. The van der Waals surface area contributed by atoms with Gasteiger partial charge in [0.15, 0.2) is 0 Å². The molecule has 2 rings (SSSR count). The molecule has 2 aromatic carbocycles. The number of hydrogen-bond donors (Lipinski definition) is 2. The van der Waals surface area contributed by atoms with Crippen molar-refractivity contribution in [3.05, 3.63) is 60.7 Å². The molecule has 0 radical (unpaired) electrons. The third-order valence-corrected chi connectivity index (χ3v) is 5.66. The summed E-state index contributed by atoms with van der Waals surface area (Å²) in [7, 11) is -3.50. The van der Waals surface area contributed by atoms with E-state index in [1.54, 1.807) is 0 Å². The molecule has 0 aromatic heterocycles. The van der Waals surface area contributed by atoms with E-state index in [1.807, 2.05) is 60.7 Å². The van der Waals surface area contributed by atoms with Crippen molar-refractivity contribution >= 4 is 26.7 Å². The molecule has 0 spiro atoms. The first-order chi connectivity index (χ1) is 11.8. The highest BCUT2D eigenvalue weighted by atomic mass is 31.1. The molecule has 0 saturated carbocycles. The summed E-state index contributed by atoms with van der Waals surface area (Å²) in [6, 6.07) is 18.4. The maximum absolute atomic E-state index is 11.9. The van der Waals surface area contributed by atoms with E-state index in [1.165, 1.54) is 0 Å². The van der Waals surface area contributed by atoms with Crippen molar-refractivity contribution in [2.45, 2.75) is 25.7 Å². The number of unbranched alkanes of at least 4 members (excludes halogenated alkanes) is 3. The molecule has 0 aliphatic carbocycles. The molecule has 0 aliphatic heterocycles. The highest BCUT2D eigenvalue weighted by molar-refractivity contribution is 7.48. The van der Waals surface area contributed by atoms with E-state index in [0.29, 0.717) is 13.2 Å². The van der Waals surface area contributed by atoms with Gasteiger partial charge in [0.1, 0.15) is 13.2 Å². The predicted molar refractivity (Wildman–Crippen MR) is 110 cm³/mol. The Morgan fingerprint density at radius 2 is 0.923 bits per heavy atom. The Balaban J connectivity index is 0.00000312. The zero-order valence-corrected chi connectivity index (χ0v) is 17.3. The van der Waals surface area contributed by atoms with Gasteiger partial charge in [-0.3, -0.25) is 0 Å². The van der Waals surface area contributed by atoms with Crippen LogP contribution in [0.3, 0.4) is 0 Å². The number of benzene rings is 2. The average Bonchev–Trinajstić information content (AvgIpc) is 2.65. The molecule has 2 unspecified atom stereocenters. The highest BCUT2D eigenvalue weighted by Gasteiger charge is 2.21. The zero-order valence-electron chi connectivity index (χ0n) is 15.5. The number of quaternary nitrogens is 2. The van der Waals surface area contributed by atoms with E-state index in [4.69, 9.17) is 9.05 Å². The third kappa shape index (κ3) is 9.25. The Morgan fingerprint density at radius 3 is 1.27 bits per heavy atom. The zero-order chi connectivity index (χ0) is 17.0. The molecular weight excluding hydrogens is 370 g/mol. The molecule has 0 aliphatic rings. The fourth-order valence-corrected chi connectivity index (χ4v) is 3.82. The summed E-state index contributed by atoms with van der Waals surface area (Å²) in [5.74, 6) is 0. The van der Waals surface area contributed by atoms with Gasteiger partial charge in [0, 0.05) is 0 Å². The van der Waals surface area contributed by atoms with Crippen LogP contribution in [-0.2, 0) is 18.2 Å². The van der Waals surface area contributed by atoms with Crippen LogP contribution in [-0.4, -0.2) is 13.2 Å². The Morgan fingerprint density at radius 1 is 0.577 bits per heavy atom. The minimum Gasteiger partial charge on any atom is -0.369 e. The van der Waals surface area contributed by atoms with E-state index in [2.05, 4.69) is 0 Å². The summed E-state index contributed by atoms with van der Waals surface area (Å²) in [5.41, 5.74) is 0. The van der Waals surface area contributed by atoms with Crippen molar-refractivity contribution in [1.82, 2.24) is 12.3 Å². The molecule has 8 N–H and O–H groups in total. The van der Waals surface area contributed by atoms with Crippen LogP contribution in [0.2, 0.25) is 0 Å². The van der Waals surface area contributed by atoms with Gasteiger partial charge in [-0.05, 0) is 46.2 Å². The second-order valence-corrected chi connectivity index (χ2v) is 7.84. The van der Waals surface area contributed by atoms with Crippen molar-refractivity contribution < 1.29 is 18.2 Å². The number of rotatable bonds is 11. The Labute approximate surface area is 157 Å². The number of hydrogen-bond acceptors (Lipinski definition) is 4. The first kappa shape index (κ1) is 24.5. The second-order valence-electron chi connectivity index (χ2n) is 5.27. The van der Waals surface area contributed by atoms with E-state index in [-0.39, 0.29) is 12.3 Å². The molecule has 2 atom stereocenters. The van der Waals surface area contributed by atoms with Gasteiger partial charge in [0.05, 0.1) is 0 Å². The maximum Gasteiger partial charge on any atom is 0.548 e. The van der Waals surface area contributed by atoms with Gasteiger partial charge in [-0.15, -0.1) is 9.05 Å². The lowest BCUT2D eigenvalue weighted by Crippen LogP contribution is -1.99. The SMILES string of the molecule is O=[P+](OCCCCCCO[P+](=O)c1ccccc1)c1ccccc1.[NH4+].[NH4+]. The van der Waals surface area contributed by atoms with Crippen LogP contribution in [0.25, 0.3) is 0 Å². The average molecular weight is 400 g/mol.